The maximum atomic E-state index is 15.1. The first kappa shape index (κ1) is 29.1. The first-order valence-electron chi connectivity index (χ1n) is 15.2. The minimum atomic E-state index is -0.311. The molecule has 10 heteroatoms. The Kier molecular flexibility index (Phi) is 7.76. The van der Waals surface area contributed by atoms with Crippen molar-refractivity contribution in [1.82, 2.24) is 23.8 Å². The molecule has 7 rings (SSSR count). The molecule has 2 aliphatic heterocycles. The highest BCUT2D eigenvalue weighted by atomic mass is 19.1. The molecule has 4 heterocycles. The predicted octanol–water partition coefficient (Wildman–Crippen LogP) is 5.20. The SMILES string of the molecule is COc1ccc(-c2nc3n(Cc4ccccc4F)c(C)c(-c4ccc5c(c4)OCO5)c(=O)n3c2CN2CCCN(C)CC2)cc1. The van der Waals surface area contributed by atoms with Crippen molar-refractivity contribution in [3.05, 3.63) is 99.9 Å². The summed E-state index contributed by atoms with van der Waals surface area (Å²) in [5.74, 6) is 2.12. The molecule has 0 saturated carbocycles. The van der Waals surface area contributed by atoms with Crippen LogP contribution >= 0.6 is 0 Å². The van der Waals surface area contributed by atoms with Crippen molar-refractivity contribution in [2.24, 2.45) is 0 Å². The van der Waals surface area contributed by atoms with Crippen LogP contribution in [0.5, 0.6) is 17.2 Å². The van der Waals surface area contributed by atoms with Gasteiger partial charge in [-0.25, -0.2) is 13.8 Å². The molecule has 0 bridgehead atoms. The highest BCUT2D eigenvalue weighted by Crippen LogP contribution is 2.37. The van der Waals surface area contributed by atoms with E-state index >= 15 is 4.39 Å². The van der Waals surface area contributed by atoms with Gasteiger partial charge in [-0.15, -0.1) is 0 Å². The van der Waals surface area contributed by atoms with E-state index in [1.807, 2.05) is 60.0 Å². The van der Waals surface area contributed by atoms with E-state index in [0.29, 0.717) is 46.2 Å². The summed E-state index contributed by atoms with van der Waals surface area (Å²) < 4.78 is 35.4. The van der Waals surface area contributed by atoms with Gasteiger partial charge in [0.25, 0.3) is 5.56 Å². The maximum Gasteiger partial charge on any atom is 0.267 e. The predicted molar refractivity (Wildman–Crippen MR) is 171 cm³/mol. The Bertz CT molecular complexity index is 1930. The van der Waals surface area contributed by atoms with Gasteiger partial charge in [-0.1, -0.05) is 24.3 Å². The van der Waals surface area contributed by atoms with Crippen molar-refractivity contribution in [3.8, 4) is 39.6 Å². The monoisotopic (exact) mass is 609 g/mol. The molecule has 0 unspecified atom stereocenters. The number of hydrogen-bond donors (Lipinski definition) is 0. The highest BCUT2D eigenvalue weighted by Gasteiger charge is 2.27. The van der Waals surface area contributed by atoms with Crippen LogP contribution < -0.4 is 19.8 Å². The Balaban J connectivity index is 1.49. The molecule has 3 aromatic carbocycles. The molecule has 1 saturated heterocycles. The second-order valence-electron chi connectivity index (χ2n) is 11.7. The van der Waals surface area contributed by atoms with E-state index in [2.05, 4.69) is 16.8 Å². The van der Waals surface area contributed by atoms with Crippen molar-refractivity contribution in [3.63, 3.8) is 0 Å². The van der Waals surface area contributed by atoms with Crippen LogP contribution in [0.1, 0.15) is 23.4 Å². The van der Waals surface area contributed by atoms with E-state index in [1.165, 1.54) is 6.07 Å². The number of nitrogens with zero attached hydrogens (tertiary/aromatic N) is 5. The van der Waals surface area contributed by atoms with E-state index in [9.17, 15) is 4.79 Å². The molecule has 0 aliphatic carbocycles. The molecular weight excluding hydrogens is 573 g/mol. The van der Waals surface area contributed by atoms with Crippen molar-refractivity contribution in [2.45, 2.75) is 26.4 Å². The first-order chi connectivity index (χ1) is 21.9. The van der Waals surface area contributed by atoms with Gasteiger partial charge in [0.05, 0.1) is 30.6 Å². The Morgan fingerprint density at radius 2 is 1.69 bits per heavy atom. The Labute approximate surface area is 261 Å². The third-order valence-corrected chi connectivity index (χ3v) is 8.88. The third-order valence-electron chi connectivity index (χ3n) is 8.88. The fourth-order valence-electron chi connectivity index (χ4n) is 6.35. The summed E-state index contributed by atoms with van der Waals surface area (Å²) in [4.78, 5) is 24.7. The molecular formula is C35H36FN5O4. The number of aromatic nitrogens is 3. The minimum Gasteiger partial charge on any atom is -0.497 e. The average molecular weight is 610 g/mol. The second-order valence-corrected chi connectivity index (χ2v) is 11.7. The summed E-state index contributed by atoms with van der Waals surface area (Å²) in [6.07, 6.45) is 1.03. The van der Waals surface area contributed by atoms with E-state index in [-0.39, 0.29) is 24.7 Å². The quantitative estimate of drug-likeness (QED) is 0.251. The van der Waals surface area contributed by atoms with Gasteiger partial charge in [-0.3, -0.25) is 9.69 Å². The lowest BCUT2D eigenvalue weighted by Gasteiger charge is -2.21. The van der Waals surface area contributed by atoms with Gasteiger partial charge in [0.1, 0.15) is 11.6 Å². The summed E-state index contributed by atoms with van der Waals surface area (Å²) in [7, 11) is 3.78. The van der Waals surface area contributed by atoms with E-state index in [4.69, 9.17) is 19.2 Å². The third kappa shape index (κ3) is 5.44. The van der Waals surface area contributed by atoms with Crippen molar-refractivity contribution in [2.75, 3.05) is 47.1 Å². The van der Waals surface area contributed by atoms with Crippen LogP contribution in [0.25, 0.3) is 28.2 Å². The van der Waals surface area contributed by atoms with E-state index in [1.54, 1.807) is 23.6 Å². The smallest absolute Gasteiger partial charge is 0.267 e. The highest BCUT2D eigenvalue weighted by molar-refractivity contribution is 5.72. The molecule has 45 heavy (non-hydrogen) atoms. The molecule has 5 aromatic rings. The summed E-state index contributed by atoms with van der Waals surface area (Å²) in [5, 5.41) is 0. The summed E-state index contributed by atoms with van der Waals surface area (Å²) >= 11 is 0. The van der Waals surface area contributed by atoms with Crippen LogP contribution in [0, 0.1) is 12.7 Å². The minimum absolute atomic E-state index is 0.135. The van der Waals surface area contributed by atoms with Gasteiger partial charge < -0.3 is 23.7 Å². The summed E-state index contributed by atoms with van der Waals surface area (Å²) in [6, 6.07) is 20.0. The molecule has 9 nitrogen and oxygen atoms in total. The van der Waals surface area contributed by atoms with Crippen molar-refractivity contribution in [1.29, 1.82) is 0 Å². The lowest BCUT2D eigenvalue weighted by atomic mass is 10.0. The van der Waals surface area contributed by atoms with Crippen LogP contribution in [0.3, 0.4) is 0 Å². The normalized spacial score (nSPS) is 15.5. The Morgan fingerprint density at radius 1 is 0.911 bits per heavy atom. The number of halogens is 1. The number of rotatable bonds is 7. The lowest BCUT2D eigenvalue weighted by Crippen LogP contribution is -2.31. The van der Waals surface area contributed by atoms with Gasteiger partial charge in [0.15, 0.2) is 11.5 Å². The van der Waals surface area contributed by atoms with Gasteiger partial charge in [-0.2, -0.15) is 0 Å². The second kappa shape index (κ2) is 12.0. The summed E-state index contributed by atoms with van der Waals surface area (Å²) in [6.45, 7) is 6.51. The number of imidazole rings is 1. The number of hydrogen-bond acceptors (Lipinski definition) is 7. The average Bonchev–Trinajstić information content (AvgIpc) is 3.61. The molecule has 0 N–H and O–H groups in total. The van der Waals surface area contributed by atoms with Crippen LogP contribution in [0.15, 0.2) is 71.5 Å². The number of likely N-dealkylation sites (N-methyl/N-ethyl adjacent to an activating group) is 1. The molecule has 0 spiro atoms. The molecule has 1 fully saturated rings. The largest absolute Gasteiger partial charge is 0.497 e. The summed E-state index contributed by atoms with van der Waals surface area (Å²) in [5.41, 5.74) is 4.62. The Hall–Kier alpha value is -4.67. The standard InChI is InChI=1S/C35H36FN5O4/c1-23-32(25-11-14-30-31(19-25)45-22-44-30)34(42)41-29(21-39-16-6-15-38(2)17-18-39)33(24-9-12-27(43-3)13-10-24)37-35(41)40(23)20-26-7-4-5-8-28(26)36/h4-5,7-14,19H,6,15-18,20-22H2,1-3H3. The number of ether oxygens (including phenoxy) is 3. The fraction of sp³-hybridized carbons (Fsp3) is 0.314. The number of fused-ring (bicyclic) bond motifs is 2. The molecule has 0 atom stereocenters. The van der Waals surface area contributed by atoms with Crippen LogP contribution in [0.4, 0.5) is 4.39 Å². The van der Waals surface area contributed by atoms with Gasteiger partial charge in [0.2, 0.25) is 12.6 Å². The zero-order valence-corrected chi connectivity index (χ0v) is 25.8. The lowest BCUT2D eigenvalue weighted by molar-refractivity contribution is 0.174. The molecule has 2 aromatic heterocycles. The first-order valence-corrected chi connectivity index (χ1v) is 15.2. The topological polar surface area (TPSA) is 73.5 Å². The number of methoxy groups -OCH3 is 1. The maximum absolute atomic E-state index is 15.1. The zero-order valence-electron chi connectivity index (χ0n) is 25.8. The zero-order chi connectivity index (χ0) is 31.1. The fourth-order valence-corrected chi connectivity index (χ4v) is 6.35. The Morgan fingerprint density at radius 3 is 2.49 bits per heavy atom. The molecule has 0 amide bonds. The van der Waals surface area contributed by atoms with Crippen LogP contribution in [0.2, 0.25) is 0 Å². The van der Waals surface area contributed by atoms with Gasteiger partial charge in [-0.05, 0) is 81.5 Å². The van der Waals surface area contributed by atoms with Crippen LogP contribution in [-0.2, 0) is 13.1 Å². The van der Waals surface area contributed by atoms with Gasteiger partial charge in [0, 0.05) is 36.5 Å². The molecule has 2 aliphatic rings. The molecule has 0 radical (unpaired) electrons. The molecule has 232 valence electrons. The van der Waals surface area contributed by atoms with Gasteiger partial charge >= 0.3 is 0 Å². The number of benzene rings is 3. The van der Waals surface area contributed by atoms with Crippen molar-refractivity contribution >= 4 is 5.78 Å². The van der Waals surface area contributed by atoms with Crippen molar-refractivity contribution < 1.29 is 18.6 Å². The van der Waals surface area contributed by atoms with E-state index in [0.717, 1.165) is 55.3 Å². The van der Waals surface area contributed by atoms with Crippen LogP contribution in [-0.4, -0.2) is 70.9 Å². The van der Waals surface area contributed by atoms with E-state index < -0.39 is 0 Å².